The third kappa shape index (κ3) is 3.90. The first-order chi connectivity index (χ1) is 11.3. The fourth-order valence-electron chi connectivity index (χ4n) is 4.01. The number of rotatable bonds is 5. The first kappa shape index (κ1) is 15.9. The van der Waals surface area contributed by atoms with Crippen LogP contribution >= 0.6 is 11.8 Å². The molecule has 4 heterocycles. The van der Waals surface area contributed by atoms with Crippen LogP contribution in [-0.4, -0.2) is 59.3 Å². The van der Waals surface area contributed by atoms with Gasteiger partial charge in [0.25, 0.3) is 0 Å². The van der Waals surface area contributed by atoms with Gasteiger partial charge < -0.3 is 14.4 Å². The maximum absolute atomic E-state index is 6.09. The zero-order chi connectivity index (χ0) is 15.5. The van der Waals surface area contributed by atoms with Gasteiger partial charge in [0.05, 0.1) is 18.4 Å². The second-order valence-electron chi connectivity index (χ2n) is 7.18. The minimum absolute atomic E-state index is 0.396. The molecule has 1 aromatic rings. The number of hydrogen-bond donors (Lipinski definition) is 0. The normalized spacial score (nSPS) is 28.1. The average Bonchev–Trinajstić information content (AvgIpc) is 2.99. The summed E-state index contributed by atoms with van der Waals surface area (Å²) in [5.74, 6) is 1.99. The van der Waals surface area contributed by atoms with Gasteiger partial charge in [-0.3, -0.25) is 4.98 Å². The summed E-state index contributed by atoms with van der Waals surface area (Å²) in [5.41, 5.74) is 1.04. The fourth-order valence-corrected chi connectivity index (χ4v) is 5.61. The molecule has 3 fully saturated rings. The van der Waals surface area contributed by atoms with E-state index in [1.165, 1.54) is 38.9 Å². The van der Waals surface area contributed by atoms with E-state index in [2.05, 4.69) is 21.6 Å². The molecular formula is C18H26N2O2S. The molecular weight excluding hydrogens is 308 g/mol. The van der Waals surface area contributed by atoms with Crippen LogP contribution in [0.2, 0.25) is 0 Å². The molecule has 0 unspecified atom stereocenters. The molecule has 4 rings (SSSR count). The first-order valence-corrected chi connectivity index (χ1v) is 9.75. The van der Waals surface area contributed by atoms with Crippen molar-refractivity contribution in [2.24, 2.45) is 5.92 Å². The maximum Gasteiger partial charge on any atom is 0.0892 e. The largest absolute Gasteiger partial charge is 0.381 e. The van der Waals surface area contributed by atoms with E-state index in [9.17, 15) is 0 Å². The second kappa shape index (κ2) is 7.09. The summed E-state index contributed by atoms with van der Waals surface area (Å²) < 4.78 is 12.0. The SMILES string of the molecule is c1ccc(CO[C@@H]2CSC3(C2)CN(CC2CCOCC2)C3)nc1. The summed E-state index contributed by atoms with van der Waals surface area (Å²) >= 11 is 2.13. The molecule has 0 amide bonds. The van der Waals surface area contributed by atoms with Gasteiger partial charge >= 0.3 is 0 Å². The molecule has 0 saturated carbocycles. The van der Waals surface area contributed by atoms with E-state index >= 15 is 0 Å². The molecule has 3 aliphatic heterocycles. The molecule has 1 atom stereocenters. The van der Waals surface area contributed by atoms with Crippen LogP contribution in [0.15, 0.2) is 24.4 Å². The van der Waals surface area contributed by atoms with E-state index in [1.807, 2.05) is 24.4 Å². The van der Waals surface area contributed by atoms with E-state index in [1.54, 1.807) is 0 Å². The number of nitrogens with zero attached hydrogens (tertiary/aromatic N) is 2. The molecule has 0 radical (unpaired) electrons. The molecule has 1 spiro atoms. The Balaban J connectivity index is 1.19. The van der Waals surface area contributed by atoms with Crippen LogP contribution in [0.1, 0.15) is 25.0 Å². The van der Waals surface area contributed by atoms with Crippen LogP contribution in [0.25, 0.3) is 0 Å². The Hall–Kier alpha value is -0.620. The van der Waals surface area contributed by atoms with E-state index in [4.69, 9.17) is 9.47 Å². The van der Waals surface area contributed by atoms with Gasteiger partial charge in [0.15, 0.2) is 0 Å². The molecule has 0 aromatic carbocycles. The molecule has 3 saturated heterocycles. The third-order valence-electron chi connectivity index (χ3n) is 5.25. The van der Waals surface area contributed by atoms with Crippen LogP contribution in [0, 0.1) is 5.92 Å². The number of thioether (sulfide) groups is 1. The Kier molecular flexibility index (Phi) is 4.90. The quantitative estimate of drug-likeness (QED) is 0.827. The molecule has 4 nitrogen and oxygen atoms in total. The van der Waals surface area contributed by atoms with Gasteiger partial charge in [0.2, 0.25) is 0 Å². The van der Waals surface area contributed by atoms with Crippen LogP contribution < -0.4 is 0 Å². The van der Waals surface area contributed by atoms with Gasteiger partial charge in [-0.1, -0.05) is 6.07 Å². The Morgan fingerprint density at radius 2 is 2.17 bits per heavy atom. The van der Waals surface area contributed by atoms with Crippen LogP contribution in [-0.2, 0) is 16.1 Å². The highest BCUT2D eigenvalue weighted by molar-refractivity contribution is 8.01. The average molecular weight is 334 g/mol. The van der Waals surface area contributed by atoms with Crippen molar-refractivity contribution in [1.82, 2.24) is 9.88 Å². The highest BCUT2D eigenvalue weighted by Gasteiger charge is 2.49. The third-order valence-corrected chi connectivity index (χ3v) is 6.82. The number of ether oxygens (including phenoxy) is 2. The Bertz CT molecular complexity index is 501. The highest BCUT2D eigenvalue weighted by Crippen LogP contribution is 2.46. The maximum atomic E-state index is 6.09. The topological polar surface area (TPSA) is 34.6 Å². The summed E-state index contributed by atoms with van der Waals surface area (Å²) in [6.45, 7) is 6.33. The Morgan fingerprint density at radius 3 is 2.96 bits per heavy atom. The van der Waals surface area contributed by atoms with Crippen LogP contribution in [0.5, 0.6) is 0 Å². The van der Waals surface area contributed by atoms with E-state index in [0.29, 0.717) is 17.5 Å². The predicted octanol–water partition coefficient (Wildman–Crippen LogP) is 2.58. The number of pyridine rings is 1. The molecule has 126 valence electrons. The molecule has 0 aliphatic carbocycles. The van der Waals surface area contributed by atoms with Gasteiger partial charge in [-0.25, -0.2) is 0 Å². The predicted molar refractivity (Wildman–Crippen MR) is 92.6 cm³/mol. The van der Waals surface area contributed by atoms with Crippen molar-refractivity contribution in [3.63, 3.8) is 0 Å². The van der Waals surface area contributed by atoms with Crippen molar-refractivity contribution in [2.45, 2.75) is 36.7 Å². The number of hydrogen-bond acceptors (Lipinski definition) is 5. The summed E-state index contributed by atoms with van der Waals surface area (Å²) in [6.07, 6.45) is 5.92. The van der Waals surface area contributed by atoms with Gasteiger partial charge in [-0.2, -0.15) is 0 Å². The summed E-state index contributed by atoms with van der Waals surface area (Å²) in [4.78, 5) is 6.98. The van der Waals surface area contributed by atoms with Crippen molar-refractivity contribution in [3.05, 3.63) is 30.1 Å². The smallest absolute Gasteiger partial charge is 0.0892 e. The van der Waals surface area contributed by atoms with Crippen molar-refractivity contribution >= 4 is 11.8 Å². The number of aromatic nitrogens is 1. The molecule has 0 bridgehead atoms. The lowest BCUT2D eigenvalue weighted by molar-refractivity contribution is 0.0103. The van der Waals surface area contributed by atoms with Gasteiger partial charge in [-0.05, 0) is 37.3 Å². The summed E-state index contributed by atoms with van der Waals surface area (Å²) in [7, 11) is 0. The monoisotopic (exact) mass is 334 g/mol. The Morgan fingerprint density at radius 1 is 1.30 bits per heavy atom. The lowest BCUT2D eigenvalue weighted by atomic mass is 9.90. The van der Waals surface area contributed by atoms with Gasteiger partial charge in [-0.15, -0.1) is 11.8 Å². The molecule has 1 aromatic heterocycles. The summed E-state index contributed by atoms with van der Waals surface area (Å²) in [6, 6.07) is 6.01. The van der Waals surface area contributed by atoms with Crippen LogP contribution in [0.3, 0.4) is 0 Å². The first-order valence-electron chi connectivity index (χ1n) is 8.77. The molecule has 5 heteroatoms. The fraction of sp³-hybridized carbons (Fsp3) is 0.722. The van der Waals surface area contributed by atoms with Crippen molar-refractivity contribution in [2.75, 3.05) is 38.6 Å². The van der Waals surface area contributed by atoms with E-state index in [-0.39, 0.29) is 0 Å². The Labute approximate surface area is 142 Å². The lowest BCUT2D eigenvalue weighted by Gasteiger charge is -2.49. The van der Waals surface area contributed by atoms with Crippen molar-refractivity contribution < 1.29 is 9.47 Å². The highest BCUT2D eigenvalue weighted by atomic mass is 32.2. The lowest BCUT2D eigenvalue weighted by Crippen LogP contribution is -2.59. The van der Waals surface area contributed by atoms with Crippen LogP contribution in [0.4, 0.5) is 0 Å². The molecule has 3 aliphatic rings. The van der Waals surface area contributed by atoms with Gasteiger partial charge in [0, 0.05) is 49.5 Å². The van der Waals surface area contributed by atoms with Gasteiger partial charge in [0.1, 0.15) is 0 Å². The minimum Gasteiger partial charge on any atom is -0.381 e. The minimum atomic E-state index is 0.396. The van der Waals surface area contributed by atoms with E-state index < -0.39 is 0 Å². The second-order valence-corrected chi connectivity index (χ2v) is 8.67. The van der Waals surface area contributed by atoms with Crippen molar-refractivity contribution in [3.8, 4) is 0 Å². The zero-order valence-corrected chi connectivity index (χ0v) is 14.5. The zero-order valence-electron chi connectivity index (χ0n) is 13.7. The summed E-state index contributed by atoms with van der Waals surface area (Å²) in [5, 5.41) is 0. The van der Waals surface area contributed by atoms with E-state index in [0.717, 1.165) is 30.6 Å². The molecule has 0 N–H and O–H groups in total. The van der Waals surface area contributed by atoms with Crippen molar-refractivity contribution in [1.29, 1.82) is 0 Å². The standard InChI is InChI=1S/C18H26N2O2S/c1-2-6-19-16(3-1)11-22-17-9-18(23-12-17)13-20(14-18)10-15-4-7-21-8-5-15/h1-3,6,15,17H,4-5,7-14H2/t17-/m0/s1. The molecule has 23 heavy (non-hydrogen) atoms. The number of likely N-dealkylation sites (tertiary alicyclic amines) is 1.